The van der Waals surface area contributed by atoms with Crippen LogP contribution in [-0.2, 0) is 4.79 Å². The normalized spacial score (nSPS) is 43.7. The quantitative estimate of drug-likeness (QED) is 0.442. The fourth-order valence-corrected chi connectivity index (χ4v) is 6.73. The van der Waals surface area contributed by atoms with E-state index < -0.39 is 0 Å². The molecule has 0 saturated heterocycles. The molecule has 25 heavy (non-hydrogen) atoms. The molecule has 138 valence electrons. The van der Waals surface area contributed by atoms with E-state index in [4.69, 9.17) is 6.57 Å². The van der Waals surface area contributed by atoms with Crippen LogP contribution in [0.25, 0.3) is 4.85 Å². The van der Waals surface area contributed by atoms with E-state index in [1.807, 2.05) is 0 Å². The maximum Gasteiger partial charge on any atom is 0.239 e. The van der Waals surface area contributed by atoms with Crippen molar-refractivity contribution in [3.63, 3.8) is 0 Å². The van der Waals surface area contributed by atoms with Gasteiger partial charge in [-0.1, -0.05) is 26.0 Å². The van der Waals surface area contributed by atoms with Crippen molar-refractivity contribution < 1.29 is 4.79 Å². The summed E-state index contributed by atoms with van der Waals surface area (Å²) in [4.78, 5) is 15.3. The molecule has 0 aromatic rings. The maximum absolute atomic E-state index is 11.0. The van der Waals surface area contributed by atoms with Gasteiger partial charge in [0.1, 0.15) is 0 Å². The van der Waals surface area contributed by atoms with E-state index in [1.54, 1.807) is 0 Å². The Bertz CT molecular complexity index is 589. The molecule has 3 heteroatoms. The molecule has 3 aliphatic carbocycles. The molecule has 3 rings (SSSR count). The number of rotatable bonds is 4. The first-order valence-electron chi connectivity index (χ1n) is 10.0. The van der Waals surface area contributed by atoms with E-state index in [0.29, 0.717) is 35.5 Å². The minimum absolute atomic E-state index is 0.177. The highest BCUT2D eigenvalue weighted by Crippen LogP contribution is 2.62. The molecule has 0 aliphatic heterocycles. The topological polar surface area (TPSA) is 33.5 Å². The Hall–Kier alpha value is -1.30. The molecule has 0 aromatic heterocycles. The third-order valence-electron chi connectivity index (χ3n) is 7.87. The average molecular weight is 343 g/mol. The summed E-state index contributed by atoms with van der Waals surface area (Å²) in [5, 5.41) is 3.01. The molecule has 0 radical (unpaired) electrons. The van der Waals surface area contributed by atoms with Gasteiger partial charge in [0.05, 0.1) is 0 Å². The SMILES string of the molecule is [C-]#[N+][C@]12CCC(=C)[C@@H]3[C@@H](CC(C)(C)NC=O)C[C@@H](C)[C@H](CC[C@H]1C)[C@H]32. The van der Waals surface area contributed by atoms with E-state index in [1.165, 1.54) is 24.8 Å². The number of allylic oxidation sites excluding steroid dienone is 1. The highest BCUT2D eigenvalue weighted by Gasteiger charge is 2.64. The fourth-order valence-electron chi connectivity index (χ4n) is 6.73. The van der Waals surface area contributed by atoms with Crippen molar-refractivity contribution in [2.24, 2.45) is 35.5 Å². The Morgan fingerprint density at radius 2 is 2.12 bits per heavy atom. The van der Waals surface area contributed by atoms with Crippen LogP contribution in [0.15, 0.2) is 12.2 Å². The zero-order chi connectivity index (χ0) is 18.4. The van der Waals surface area contributed by atoms with Crippen LogP contribution in [-0.4, -0.2) is 17.5 Å². The minimum atomic E-state index is -0.197. The molecule has 1 amide bonds. The second-order valence-corrected chi connectivity index (χ2v) is 9.78. The number of carbonyl (C=O) groups excluding carboxylic acids is 1. The molecule has 3 saturated carbocycles. The molecule has 1 N–H and O–H groups in total. The first-order valence-corrected chi connectivity index (χ1v) is 10.0. The molecule has 0 unspecified atom stereocenters. The number of amides is 1. The molecule has 3 nitrogen and oxygen atoms in total. The van der Waals surface area contributed by atoms with Crippen LogP contribution < -0.4 is 5.32 Å². The summed E-state index contributed by atoms with van der Waals surface area (Å²) in [6, 6.07) is 0. The molecule has 7 atom stereocenters. The van der Waals surface area contributed by atoms with E-state index >= 15 is 0 Å². The lowest BCUT2D eigenvalue weighted by molar-refractivity contribution is -0.111. The highest BCUT2D eigenvalue weighted by molar-refractivity contribution is 5.47. The first-order chi connectivity index (χ1) is 11.8. The molecule has 0 bridgehead atoms. The van der Waals surface area contributed by atoms with Crippen LogP contribution in [0.5, 0.6) is 0 Å². The molecule has 0 aromatic carbocycles. The molecule has 0 heterocycles. The van der Waals surface area contributed by atoms with E-state index in [9.17, 15) is 4.79 Å². The predicted octanol–water partition coefficient (Wildman–Crippen LogP) is 4.84. The van der Waals surface area contributed by atoms with Crippen LogP contribution in [0.3, 0.4) is 0 Å². The van der Waals surface area contributed by atoms with Crippen molar-refractivity contribution in [2.75, 3.05) is 0 Å². The average Bonchev–Trinajstić information content (AvgIpc) is 2.54. The molecule has 0 spiro atoms. The van der Waals surface area contributed by atoms with Crippen molar-refractivity contribution in [1.82, 2.24) is 5.32 Å². The van der Waals surface area contributed by atoms with Crippen LogP contribution in [0, 0.1) is 42.1 Å². The zero-order valence-electron chi connectivity index (χ0n) is 16.3. The van der Waals surface area contributed by atoms with Gasteiger partial charge in [-0.3, -0.25) is 4.79 Å². The number of nitrogens with zero attached hydrogens (tertiary/aromatic N) is 1. The van der Waals surface area contributed by atoms with Gasteiger partial charge in [-0.15, -0.1) is 0 Å². The Balaban J connectivity index is 1.98. The van der Waals surface area contributed by atoms with E-state index in [0.717, 1.165) is 25.7 Å². The molecular formula is C22H34N2O. The zero-order valence-corrected chi connectivity index (χ0v) is 16.3. The van der Waals surface area contributed by atoms with Crippen molar-refractivity contribution in [3.05, 3.63) is 23.6 Å². The monoisotopic (exact) mass is 342 g/mol. The predicted molar refractivity (Wildman–Crippen MR) is 102 cm³/mol. The summed E-state index contributed by atoms with van der Waals surface area (Å²) in [7, 11) is 0. The lowest BCUT2D eigenvalue weighted by Gasteiger charge is -2.58. The standard InChI is InChI=1S/C22H34N2O/c1-14-9-10-22(23-6)16(3)7-8-18-15(2)11-17(19(14)20(18)22)12-21(4,5)24-13-25/h13,15-20H,1,7-12H2,2-5H3,(H,24,25)/t15-,16-,17-,18+,19-,20-,22-/m1/s1. The molecule has 3 fully saturated rings. The van der Waals surface area contributed by atoms with Crippen LogP contribution in [0.4, 0.5) is 0 Å². The number of hydrogen-bond donors (Lipinski definition) is 1. The summed E-state index contributed by atoms with van der Waals surface area (Å²) in [6.45, 7) is 21.5. The lowest BCUT2D eigenvalue weighted by Crippen LogP contribution is -2.59. The van der Waals surface area contributed by atoms with Crippen molar-refractivity contribution in [2.45, 2.75) is 77.3 Å². The third-order valence-corrected chi connectivity index (χ3v) is 7.87. The molecule has 3 aliphatic rings. The Kier molecular flexibility index (Phi) is 4.77. The van der Waals surface area contributed by atoms with Gasteiger partial charge >= 0.3 is 0 Å². The van der Waals surface area contributed by atoms with Gasteiger partial charge in [-0.25, -0.2) is 6.57 Å². The number of carbonyl (C=O) groups is 1. The largest absolute Gasteiger partial charge is 0.354 e. The van der Waals surface area contributed by atoms with Crippen molar-refractivity contribution in [1.29, 1.82) is 0 Å². The van der Waals surface area contributed by atoms with Gasteiger partial charge in [-0.2, -0.15) is 0 Å². The lowest BCUT2D eigenvalue weighted by atomic mass is 9.45. The first kappa shape index (κ1) is 18.5. The highest BCUT2D eigenvalue weighted by atomic mass is 16.1. The van der Waals surface area contributed by atoms with Crippen LogP contribution >= 0.6 is 0 Å². The van der Waals surface area contributed by atoms with Crippen LogP contribution in [0.2, 0.25) is 0 Å². The Morgan fingerprint density at radius 1 is 1.40 bits per heavy atom. The van der Waals surface area contributed by atoms with Gasteiger partial charge < -0.3 is 10.2 Å². The van der Waals surface area contributed by atoms with Gasteiger partial charge in [0, 0.05) is 23.8 Å². The van der Waals surface area contributed by atoms with Gasteiger partial charge in [-0.05, 0) is 69.6 Å². The Morgan fingerprint density at radius 3 is 2.76 bits per heavy atom. The molecular weight excluding hydrogens is 308 g/mol. The van der Waals surface area contributed by atoms with Gasteiger partial charge in [0.15, 0.2) is 0 Å². The Labute approximate surface area is 153 Å². The fraction of sp³-hybridized carbons (Fsp3) is 0.818. The number of nitrogens with one attached hydrogen (secondary N) is 1. The van der Waals surface area contributed by atoms with Crippen LogP contribution in [0.1, 0.15) is 66.2 Å². The smallest absolute Gasteiger partial charge is 0.239 e. The van der Waals surface area contributed by atoms with Gasteiger partial charge in [0.25, 0.3) is 0 Å². The summed E-state index contributed by atoms with van der Waals surface area (Å²) in [6.07, 6.45) is 7.50. The third kappa shape index (κ3) is 2.92. The summed E-state index contributed by atoms with van der Waals surface area (Å²) in [5.41, 5.74) is 1.00. The van der Waals surface area contributed by atoms with Crippen molar-refractivity contribution >= 4 is 6.41 Å². The summed E-state index contributed by atoms with van der Waals surface area (Å²) < 4.78 is 0. The second kappa shape index (κ2) is 6.45. The summed E-state index contributed by atoms with van der Waals surface area (Å²) >= 11 is 0. The van der Waals surface area contributed by atoms with Gasteiger partial charge in [0.2, 0.25) is 11.9 Å². The summed E-state index contributed by atoms with van der Waals surface area (Å²) in [5.74, 6) is 3.28. The number of hydrogen-bond acceptors (Lipinski definition) is 1. The minimum Gasteiger partial charge on any atom is -0.354 e. The van der Waals surface area contributed by atoms with E-state index in [2.05, 4.69) is 44.4 Å². The van der Waals surface area contributed by atoms with Crippen molar-refractivity contribution in [3.8, 4) is 0 Å². The van der Waals surface area contributed by atoms with E-state index in [-0.39, 0.29) is 11.1 Å². The maximum atomic E-state index is 11.0. The second-order valence-electron chi connectivity index (χ2n) is 9.78.